The van der Waals surface area contributed by atoms with Crippen molar-refractivity contribution in [3.05, 3.63) is 72.1 Å². The van der Waals surface area contributed by atoms with Crippen molar-refractivity contribution in [2.24, 2.45) is 38.7 Å². The molecule has 0 fully saturated rings. The van der Waals surface area contributed by atoms with Crippen molar-refractivity contribution in [3.8, 4) is 0 Å². The van der Waals surface area contributed by atoms with Gasteiger partial charge in [0.05, 0.1) is 6.04 Å². The Morgan fingerprint density at radius 3 is 1.43 bits per heavy atom. The van der Waals surface area contributed by atoms with Gasteiger partial charge >= 0.3 is 5.97 Å². The first-order valence-electron chi connectivity index (χ1n) is 20.0. The lowest BCUT2D eigenvalue weighted by Gasteiger charge is -2.27. The van der Waals surface area contributed by atoms with Crippen molar-refractivity contribution in [2.45, 2.75) is 74.8 Å². The number of nitrogens with two attached hydrogens (primary N) is 5. The van der Waals surface area contributed by atoms with Crippen molar-refractivity contribution in [1.29, 1.82) is 0 Å². The summed E-state index contributed by atoms with van der Waals surface area (Å²) in [5, 5.41) is 24.2. The summed E-state index contributed by atoms with van der Waals surface area (Å²) in [7, 11) is 0. The van der Waals surface area contributed by atoms with E-state index in [0.29, 0.717) is 17.5 Å². The molecule has 2 aromatic heterocycles. The van der Waals surface area contributed by atoms with Crippen molar-refractivity contribution in [1.82, 2.24) is 36.6 Å². The molecule has 0 aliphatic heterocycles. The first-order valence-corrected chi connectivity index (χ1v) is 21.3. The van der Waals surface area contributed by atoms with Gasteiger partial charge in [-0.05, 0) is 48.9 Å². The van der Waals surface area contributed by atoms with E-state index in [2.05, 4.69) is 71.8 Å². The topological polar surface area (TPSA) is 369 Å². The monoisotopic (exact) mass is 908 g/mol. The number of carbonyl (C=O) groups excluding carboxylic acids is 5. The molecule has 0 unspecified atom stereocenters. The Morgan fingerprint density at radius 2 is 0.968 bits per heavy atom. The lowest BCUT2D eigenvalue weighted by Crippen LogP contribution is -2.60. The zero-order valence-electron chi connectivity index (χ0n) is 34.4. The average Bonchev–Trinajstić information content (AvgIpc) is 3.86. The number of rotatable bonds is 25. The average molecular weight is 909 g/mol. The lowest BCUT2D eigenvalue weighted by molar-refractivity contribution is -0.141. The van der Waals surface area contributed by atoms with Gasteiger partial charge in [-0.25, -0.2) is 4.79 Å². The van der Waals surface area contributed by atoms with Gasteiger partial charge in [0.25, 0.3) is 0 Å². The standard InChI is InChI=1S/C40H56N14O7S2/c41-25(9-5-13-46-39(42)43)33(55)50-28(12-6-14-47-40(44)45)34(56)51-29(15-21-17-48-26-10-3-1-7-23(21)26)35(57)52-30(16-22-18-49-27-11-4-2-8-24(22)27)36(58)53-31(19-62)37(59)54-32(20-63)38(60)61/h1-4,7-8,10-11,17-18,25,28-32,48-49,62-63H,5-6,9,12-16,19-20,41H2,(H,50,55)(H,51,56)(H,52,57)(H,53,58)(H,54,59)(H,60,61)(H4,42,43,46)(H4,44,45,47)/t25-,28-,29-,30-,31-,32-/m0/s1. The summed E-state index contributed by atoms with van der Waals surface area (Å²) in [5.41, 5.74) is 30.8. The molecule has 0 aliphatic carbocycles. The Labute approximate surface area is 373 Å². The van der Waals surface area contributed by atoms with Gasteiger partial charge in [0, 0.05) is 71.6 Å². The van der Waals surface area contributed by atoms with Crippen LogP contribution in [0.4, 0.5) is 0 Å². The minimum atomic E-state index is -1.35. The highest BCUT2D eigenvalue weighted by Crippen LogP contribution is 2.21. The zero-order chi connectivity index (χ0) is 46.1. The van der Waals surface area contributed by atoms with Crippen LogP contribution in [0.2, 0.25) is 0 Å². The van der Waals surface area contributed by atoms with E-state index < -0.39 is 71.8 Å². The van der Waals surface area contributed by atoms with Gasteiger partial charge < -0.3 is 70.3 Å². The van der Waals surface area contributed by atoms with Crippen LogP contribution in [0.15, 0.2) is 70.9 Å². The third-order valence-electron chi connectivity index (χ3n) is 9.96. The van der Waals surface area contributed by atoms with Crippen LogP contribution >= 0.6 is 25.3 Å². The molecule has 0 bridgehead atoms. The molecular weight excluding hydrogens is 853 g/mol. The number of guanidine groups is 2. The normalized spacial score (nSPS) is 14.0. The SMILES string of the molecule is NC(N)=NCCC[C@H](NC(=O)[C@@H](N)CCCN=C(N)N)C(=O)N[C@@H](Cc1c[nH]c2ccccc12)C(=O)N[C@@H](Cc1c[nH]c2ccccc12)C(=O)N[C@@H](CS)C(=O)N[C@@H](CS)C(=O)O. The molecule has 0 radical (unpaired) electrons. The Balaban J connectivity index is 1.66. The second-order valence-electron chi connectivity index (χ2n) is 14.6. The van der Waals surface area contributed by atoms with Gasteiger partial charge in [-0.3, -0.25) is 34.0 Å². The summed E-state index contributed by atoms with van der Waals surface area (Å²) in [6.45, 7) is 0.368. The molecule has 21 nitrogen and oxygen atoms in total. The number of carboxylic acids is 1. The van der Waals surface area contributed by atoms with Gasteiger partial charge in [0.15, 0.2) is 11.9 Å². The van der Waals surface area contributed by atoms with E-state index in [-0.39, 0.29) is 68.6 Å². The van der Waals surface area contributed by atoms with E-state index in [1.165, 1.54) is 0 Å². The number of nitrogens with one attached hydrogen (secondary N) is 7. The molecule has 0 saturated carbocycles. The van der Waals surface area contributed by atoms with Gasteiger partial charge in [-0.15, -0.1) is 0 Å². The number of benzene rings is 2. The van der Waals surface area contributed by atoms with Crippen LogP contribution in [-0.2, 0) is 41.6 Å². The zero-order valence-corrected chi connectivity index (χ0v) is 36.2. The number of nitrogens with zero attached hydrogens (tertiary/aromatic N) is 2. The summed E-state index contributed by atoms with van der Waals surface area (Å²) in [4.78, 5) is 95.3. The Kier molecular flexibility index (Phi) is 18.9. The first-order chi connectivity index (χ1) is 30.1. The molecule has 340 valence electrons. The van der Waals surface area contributed by atoms with Gasteiger partial charge in [-0.2, -0.15) is 25.3 Å². The number of aliphatic imine (C=N–C) groups is 2. The minimum Gasteiger partial charge on any atom is -0.480 e. The predicted molar refractivity (Wildman–Crippen MR) is 247 cm³/mol. The van der Waals surface area contributed by atoms with Gasteiger partial charge in [0.2, 0.25) is 29.5 Å². The molecule has 63 heavy (non-hydrogen) atoms. The molecule has 0 saturated heterocycles. The Hall–Kier alpha value is -6.46. The Morgan fingerprint density at radius 1 is 0.571 bits per heavy atom. The number of carboxylic acid groups (broad SMARTS) is 1. The minimum absolute atomic E-state index is 0.0469. The number of aromatic nitrogens is 2. The molecule has 0 aliphatic rings. The molecular formula is C40H56N14O7S2. The quantitative estimate of drug-likeness (QED) is 0.0152. The first kappa shape index (κ1) is 49.2. The number of amides is 5. The number of aliphatic carboxylic acids is 1. The predicted octanol–water partition coefficient (Wildman–Crippen LogP) is -1.76. The number of aromatic amines is 2. The van der Waals surface area contributed by atoms with Crippen molar-refractivity contribution < 1.29 is 33.9 Å². The van der Waals surface area contributed by atoms with Crippen molar-refractivity contribution >= 4 is 94.5 Å². The van der Waals surface area contributed by atoms with E-state index in [9.17, 15) is 33.9 Å². The number of para-hydroxylation sites is 2. The van der Waals surface area contributed by atoms with Crippen LogP contribution in [0.3, 0.4) is 0 Å². The van der Waals surface area contributed by atoms with E-state index >= 15 is 0 Å². The molecule has 2 aromatic carbocycles. The molecule has 4 aromatic rings. The highest BCUT2D eigenvalue weighted by molar-refractivity contribution is 7.80. The number of carbonyl (C=O) groups is 6. The number of hydrogen-bond donors (Lipinski definition) is 15. The van der Waals surface area contributed by atoms with Crippen molar-refractivity contribution in [3.63, 3.8) is 0 Å². The number of fused-ring (bicyclic) bond motifs is 2. The van der Waals surface area contributed by atoms with E-state index in [0.717, 1.165) is 21.8 Å². The fourth-order valence-electron chi connectivity index (χ4n) is 6.63. The molecule has 2 heterocycles. The fraction of sp³-hybridized carbons (Fsp3) is 0.400. The summed E-state index contributed by atoms with van der Waals surface area (Å²) in [5.74, 6) is -5.80. The van der Waals surface area contributed by atoms with E-state index in [4.69, 9.17) is 28.7 Å². The maximum atomic E-state index is 14.6. The number of hydrogen-bond acceptors (Lipinski definition) is 11. The molecule has 6 atom stereocenters. The van der Waals surface area contributed by atoms with Crippen molar-refractivity contribution in [2.75, 3.05) is 24.6 Å². The van der Waals surface area contributed by atoms with Gasteiger partial charge in [-0.1, -0.05) is 36.4 Å². The summed E-state index contributed by atoms with van der Waals surface area (Å²) < 4.78 is 0. The maximum Gasteiger partial charge on any atom is 0.327 e. The van der Waals surface area contributed by atoms with Gasteiger partial charge in [0.1, 0.15) is 30.2 Å². The highest BCUT2D eigenvalue weighted by Gasteiger charge is 2.33. The van der Waals surface area contributed by atoms with Crippen LogP contribution in [0.1, 0.15) is 36.8 Å². The molecule has 18 N–H and O–H groups in total. The van der Waals surface area contributed by atoms with Crippen LogP contribution in [0.25, 0.3) is 21.8 Å². The summed E-state index contributed by atoms with van der Waals surface area (Å²) in [6, 6.07) is 7.09. The largest absolute Gasteiger partial charge is 0.480 e. The van der Waals surface area contributed by atoms with Crippen LogP contribution in [-0.4, -0.2) is 123 Å². The molecule has 4 rings (SSSR count). The smallest absolute Gasteiger partial charge is 0.327 e. The summed E-state index contributed by atoms with van der Waals surface area (Å²) in [6.07, 6.45) is 4.13. The fourth-order valence-corrected chi connectivity index (χ4v) is 7.13. The second-order valence-corrected chi connectivity index (χ2v) is 15.4. The van der Waals surface area contributed by atoms with E-state index in [1.807, 2.05) is 48.5 Å². The third-order valence-corrected chi connectivity index (χ3v) is 10.7. The molecule has 23 heteroatoms. The third kappa shape index (κ3) is 14.9. The molecule has 0 spiro atoms. The number of H-pyrrole nitrogens is 2. The second kappa shape index (κ2) is 24.2. The van der Waals surface area contributed by atoms with Crippen LogP contribution in [0, 0.1) is 0 Å². The molecule has 5 amide bonds. The Bertz CT molecular complexity index is 2270. The maximum absolute atomic E-state index is 14.6. The lowest BCUT2D eigenvalue weighted by atomic mass is 10.0. The van der Waals surface area contributed by atoms with E-state index in [1.54, 1.807) is 12.4 Å². The van der Waals surface area contributed by atoms with Crippen LogP contribution < -0.4 is 55.3 Å². The number of thiol groups is 2. The highest BCUT2D eigenvalue weighted by atomic mass is 32.1. The summed E-state index contributed by atoms with van der Waals surface area (Å²) >= 11 is 8.22. The van der Waals surface area contributed by atoms with Crippen LogP contribution in [0.5, 0.6) is 0 Å².